The van der Waals surface area contributed by atoms with Crippen molar-refractivity contribution in [1.82, 2.24) is 21.3 Å². The highest BCUT2D eigenvalue weighted by Crippen LogP contribution is 2.04. The normalized spacial score (nSPS) is 15.8. The average molecular weight is 447 g/mol. The van der Waals surface area contributed by atoms with Crippen LogP contribution in [-0.2, 0) is 24.0 Å². The molecule has 0 aliphatic heterocycles. The molecule has 7 N–H and O–H groups in total. The molecule has 0 rings (SSSR count). The zero-order chi connectivity index (χ0) is 24.3. The van der Waals surface area contributed by atoms with Crippen LogP contribution >= 0.6 is 0 Å². The van der Waals surface area contributed by atoms with E-state index in [-0.39, 0.29) is 18.8 Å². The predicted octanol–water partition coefficient (Wildman–Crippen LogP) is -1.57. The Morgan fingerprint density at radius 3 is 1.77 bits per heavy atom. The number of aliphatic hydroxyl groups excluding tert-OH is 1. The van der Waals surface area contributed by atoms with Crippen LogP contribution in [0.3, 0.4) is 0 Å². The second-order valence-electron chi connectivity index (χ2n) is 7.57. The monoisotopic (exact) mass is 446 g/mol. The van der Waals surface area contributed by atoms with E-state index >= 15 is 0 Å². The summed E-state index contributed by atoms with van der Waals surface area (Å²) >= 11 is 0. The van der Waals surface area contributed by atoms with Gasteiger partial charge in [-0.3, -0.25) is 19.2 Å². The minimum atomic E-state index is -1.41. The van der Waals surface area contributed by atoms with Crippen molar-refractivity contribution in [2.24, 2.45) is 5.92 Å². The lowest BCUT2D eigenvalue weighted by molar-refractivity contribution is -0.143. The van der Waals surface area contributed by atoms with Gasteiger partial charge in [-0.2, -0.15) is 0 Å². The third kappa shape index (κ3) is 10.2. The second kappa shape index (κ2) is 13.5. The Morgan fingerprint density at radius 2 is 1.35 bits per heavy atom. The second-order valence-corrected chi connectivity index (χ2v) is 7.57. The molecule has 12 heteroatoms. The maximum Gasteiger partial charge on any atom is 0.326 e. The van der Waals surface area contributed by atoms with Crippen molar-refractivity contribution < 1.29 is 39.3 Å². The number of nitrogens with one attached hydrogen (secondary N) is 4. The standard InChI is InChI=1S/C19H34N4O8/c1-6-20-12(7-8-13(25)26)17(28)23-15(11(5)24)18(29)21-10(4)16(27)22-14(9(2)3)19(30)31/h9-12,14-15,20,24H,6-8H2,1-5H3,(H,21,29)(H,22,27)(H,23,28)(H,25,26)(H,30,31)/t10-,11+,12-,14-,15-/m0/s1. The molecule has 3 amide bonds. The number of aliphatic carboxylic acids is 2. The van der Waals surface area contributed by atoms with Crippen molar-refractivity contribution in [1.29, 1.82) is 0 Å². The molecular formula is C19H34N4O8. The molecule has 0 aliphatic carbocycles. The third-order valence-corrected chi connectivity index (χ3v) is 4.46. The maximum atomic E-state index is 12.5. The lowest BCUT2D eigenvalue weighted by Gasteiger charge is -2.26. The number of amides is 3. The van der Waals surface area contributed by atoms with Crippen LogP contribution in [0.1, 0.15) is 47.5 Å². The van der Waals surface area contributed by atoms with Gasteiger partial charge in [-0.25, -0.2) is 4.79 Å². The molecular weight excluding hydrogens is 412 g/mol. The number of aliphatic hydroxyl groups is 1. The molecule has 0 aromatic rings. The van der Waals surface area contributed by atoms with Crippen LogP contribution in [0.5, 0.6) is 0 Å². The van der Waals surface area contributed by atoms with E-state index in [4.69, 9.17) is 10.2 Å². The van der Waals surface area contributed by atoms with Crippen molar-refractivity contribution in [3.8, 4) is 0 Å². The summed E-state index contributed by atoms with van der Waals surface area (Å²) in [5, 5.41) is 37.8. The van der Waals surface area contributed by atoms with E-state index in [1.807, 2.05) is 0 Å². The van der Waals surface area contributed by atoms with Gasteiger partial charge in [0.25, 0.3) is 0 Å². The summed E-state index contributed by atoms with van der Waals surface area (Å²) < 4.78 is 0. The van der Waals surface area contributed by atoms with Crippen molar-refractivity contribution in [3.63, 3.8) is 0 Å². The van der Waals surface area contributed by atoms with E-state index in [2.05, 4.69) is 21.3 Å². The molecule has 0 fully saturated rings. The number of carbonyl (C=O) groups is 5. The van der Waals surface area contributed by atoms with Crippen LogP contribution in [0.4, 0.5) is 0 Å². The molecule has 0 saturated heterocycles. The van der Waals surface area contributed by atoms with Gasteiger partial charge in [0.05, 0.1) is 12.1 Å². The van der Waals surface area contributed by atoms with E-state index in [9.17, 15) is 29.1 Å². The van der Waals surface area contributed by atoms with Gasteiger partial charge in [-0.1, -0.05) is 20.8 Å². The fourth-order valence-electron chi connectivity index (χ4n) is 2.66. The molecule has 0 unspecified atom stereocenters. The van der Waals surface area contributed by atoms with E-state index in [0.29, 0.717) is 6.54 Å². The number of carbonyl (C=O) groups excluding carboxylic acids is 3. The summed E-state index contributed by atoms with van der Waals surface area (Å²) in [4.78, 5) is 59.3. The minimum absolute atomic E-state index is 0.0201. The summed E-state index contributed by atoms with van der Waals surface area (Å²) in [5.74, 6) is -4.95. The van der Waals surface area contributed by atoms with Crippen LogP contribution in [0.2, 0.25) is 0 Å². The maximum absolute atomic E-state index is 12.5. The van der Waals surface area contributed by atoms with E-state index < -0.39 is 59.9 Å². The van der Waals surface area contributed by atoms with Crippen LogP contribution in [-0.4, -0.2) is 81.8 Å². The molecule has 12 nitrogen and oxygen atoms in total. The molecule has 178 valence electrons. The number of hydrogen-bond acceptors (Lipinski definition) is 7. The molecule has 0 saturated carbocycles. The zero-order valence-corrected chi connectivity index (χ0v) is 18.5. The first-order valence-electron chi connectivity index (χ1n) is 10.1. The van der Waals surface area contributed by atoms with Crippen LogP contribution in [0, 0.1) is 5.92 Å². The Labute approximate surface area is 181 Å². The Balaban J connectivity index is 5.14. The Hall–Kier alpha value is -2.73. The summed E-state index contributed by atoms with van der Waals surface area (Å²) in [6.45, 7) is 7.94. The van der Waals surface area contributed by atoms with Gasteiger partial charge in [0.2, 0.25) is 17.7 Å². The smallest absolute Gasteiger partial charge is 0.326 e. The van der Waals surface area contributed by atoms with Crippen LogP contribution in [0.15, 0.2) is 0 Å². The molecule has 0 spiro atoms. The summed E-state index contributed by atoms with van der Waals surface area (Å²) in [6.07, 6.45) is -1.61. The van der Waals surface area contributed by atoms with Crippen LogP contribution in [0.25, 0.3) is 0 Å². The third-order valence-electron chi connectivity index (χ3n) is 4.46. The van der Waals surface area contributed by atoms with E-state index in [0.717, 1.165) is 0 Å². The Bertz CT molecular complexity index is 653. The summed E-state index contributed by atoms with van der Waals surface area (Å²) in [6, 6.07) is -4.58. The first-order valence-corrected chi connectivity index (χ1v) is 10.1. The van der Waals surface area contributed by atoms with Gasteiger partial charge in [-0.15, -0.1) is 0 Å². The van der Waals surface area contributed by atoms with Gasteiger partial charge in [0.1, 0.15) is 18.1 Å². The minimum Gasteiger partial charge on any atom is -0.481 e. The van der Waals surface area contributed by atoms with E-state index in [1.165, 1.54) is 13.8 Å². The van der Waals surface area contributed by atoms with Crippen molar-refractivity contribution >= 4 is 29.7 Å². The molecule has 5 atom stereocenters. The van der Waals surface area contributed by atoms with Gasteiger partial charge < -0.3 is 36.6 Å². The topological polar surface area (TPSA) is 194 Å². The Kier molecular flexibility index (Phi) is 12.4. The highest BCUT2D eigenvalue weighted by atomic mass is 16.4. The molecule has 0 aliphatic rings. The largest absolute Gasteiger partial charge is 0.481 e. The molecule has 0 aromatic carbocycles. The number of rotatable bonds is 14. The van der Waals surface area contributed by atoms with Gasteiger partial charge in [0, 0.05) is 6.42 Å². The SMILES string of the molecule is CCN[C@@H](CCC(=O)O)C(=O)N[C@H](C(=O)N[C@@H](C)C(=O)N[C@H](C(=O)O)C(C)C)[C@@H](C)O. The van der Waals surface area contributed by atoms with Gasteiger partial charge in [0.15, 0.2) is 0 Å². The average Bonchev–Trinajstić information content (AvgIpc) is 2.65. The zero-order valence-electron chi connectivity index (χ0n) is 18.5. The molecule has 31 heavy (non-hydrogen) atoms. The molecule has 0 bridgehead atoms. The summed E-state index contributed by atoms with van der Waals surface area (Å²) in [5.41, 5.74) is 0. The lowest BCUT2D eigenvalue weighted by Crippen LogP contribution is -2.59. The van der Waals surface area contributed by atoms with Gasteiger partial charge >= 0.3 is 11.9 Å². The van der Waals surface area contributed by atoms with E-state index in [1.54, 1.807) is 20.8 Å². The number of hydrogen-bond donors (Lipinski definition) is 7. The molecule has 0 aromatic heterocycles. The fraction of sp³-hybridized carbons (Fsp3) is 0.737. The quantitative estimate of drug-likeness (QED) is 0.165. The van der Waals surface area contributed by atoms with Crippen molar-refractivity contribution in [2.75, 3.05) is 6.54 Å². The highest BCUT2D eigenvalue weighted by molar-refractivity contribution is 5.94. The predicted molar refractivity (Wildman–Crippen MR) is 110 cm³/mol. The van der Waals surface area contributed by atoms with Gasteiger partial charge in [-0.05, 0) is 32.7 Å². The van der Waals surface area contributed by atoms with Crippen molar-refractivity contribution in [3.05, 3.63) is 0 Å². The molecule has 0 radical (unpaired) electrons. The number of carboxylic acids is 2. The van der Waals surface area contributed by atoms with Crippen LogP contribution < -0.4 is 21.3 Å². The number of likely N-dealkylation sites (N-methyl/N-ethyl adjacent to an activating group) is 1. The van der Waals surface area contributed by atoms with Crippen molar-refractivity contribution in [2.45, 2.75) is 77.7 Å². The summed E-state index contributed by atoms with van der Waals surface area (Å²) in [7, 11) is 0. The molecule has 0 heterocycles. The lowest BCUT2D eigenvalue weighted by atomic mass is 10.0. The first-order chi connectivity index (χ1) is 14.3. The highest BCUT2D eigenvalue weighted by Gasteiger charge is 2.32. The first kappa shape index (κ1) is 28.3. The fourth-order valence-corrected chi connectivity index (χ4v) is 2.66. The number of carboxylic acid groups (broad SMARTS) is 2. The Morgan fingerprint density at radius 1 is 0.806 bits per heavy atom.